The van der Waals surface area contributed by atoms with E-state index < -0.39 is 0 Å². The number of anilines is 1. The molecule has 0 unspecified atom stereocenters. The minimum absolute atomic E-state index is 0.188. The molecule has 0 bridgehead atoms. The molecule has 0 aliphatic heterocycles. The van der Waals surface area contributed by atoms with Crippen molar-refractivity contribution in [3.8, 4) is 16.9 Å². The first kappa shape index (κ1) is 19.9. The Labute approximate surface area is 169 Å². The Kier molecular flexibility index (Phi) is 6.84. The van der Waals surface area contributed by atoms with Crippen LogP contribution < -0.4 is 20.7 Å². The number of rotatable bonds is 7. The molecule has 3 aromatic rings. The van der Waals surface area contributed by atoms with Crippen molar-refractivity contribution in [1.82, 2.24) is 10.6 Å². The summed E-state index contributed by atoms with van der Waals surface area (Å²) in [6.07, 6.45) is 0. The van der Waals surface area contributed by atoms with Gasteiger partial charge in [0.2, 0.25) is 0 Å². The number of ether oxygens (including phenoxy) is 1. The summed E-state index contributed by atoms with van der Waals surface area (Å²) in [5.41, 5.74) is 3.29. The minimum atomic E-state index is -0.312. The van der Waals surface area contributed by atoms with Crippen LogP contribution in [0, 0.1) is 0 Å². The lowest BCUT2D eigenvalue weighted by Gasteiger charge is -2.09. The average Bonchev–Trinajstić information content (AvgIpc) is 2.77. The molecule has 3 amide bonds. The second-order valence-corrected chi connectivity index (χ2v) is 6.31. The van der Waals surface area contributed by atoms with E-state index in [4.69, 9.17) is 4.74 Å². The summed E-state index contributed by atoms with van der Waals surface area (Å²) in [6.45, 7) is 0.658. The van der Waals surface area contributed by atoms with E-state index in [0.29, 0.717) is 24.3 Å². The van der Waals surface area contributed by atoms with Gasteiger partial charge in [-0.25, -0.2) is 4.79 Å². The monoisotopic (exact) mass is 389 g/mol. The lowest BCUT2D eigenvalue weighted by atomic mass is 10.0. The Bertz CT molecular complexity index is 957. The molecule has 0 aromatic heterocycles. The zero-order chi connectivity index (χ0) is 20.5. The van der Waals surface area contributed by atoms with Gasteiger partial charge in [0, 0.05) is 24.3 Å². The van der Waals surface area contributed by atoms with Gasteiger partial charge in [-0.2, -0.15) is 0 Å². The van der Waals surface area contributed by atoms with Crippen LogP contribution in [0.5, 0.6) is 5.75 Å². The first-order chi connectivity index (χ1) is 14.2. The van der Waals surface area contributed by atoms with Crippen molar-refractivity contribution < 1.29 is 14.3 Å². The molecule has 0 heterocycles. The van der Waals surface area contributed by atoms with Gasteiger partial charge in [0.1, 0.15) is 5.75 Å². The van der Waals surface area contributed by atoms with E-state index in [1.165, 1.54) is 0 Å². The lowest BCUT2D eigenvalue weighted by molar-refractivity contribution is 0.0954. The Balaban J connectivity index is 1.45. The molecule has 6 heteroatoms. The molecular weight excluding hydrogens is 366 g/mol. The number of para-hydroxylation sites is 1. The largest absolute Gasteiger partial charge is 0.497 e. The standard InChI is InChI=1S/C23H23N3O3/c1-29-21-9-5-6-19(16-21)17-10-12-18(13-11-17)22(27)24-14-15-25-23(28)26-20-7-3-2-4-8-20/h2-13,16H,14-15H2,1H3,(H,24,27)(H2,25,26,28). The predicted octanol–water partition coefficient (Wildman–Crippen LogP) is 3.91. The Morgan fingerprint density at radius 2 is 1.52 bits per heavy atom. The number of methoxy groups -OCH3 is 1. The molecule has 3 N–H and O–H groups in total. The number of urea groups is 1. The molecule has 6 nitrogen and oxygen atoms in total. The number of hydrogen-bond acceptors (Lipinski definition) is 3. The van der Waals surface area contributed by atoms with Crippen LogP contribution in [-0.4, -0.2) is 32.1 Å². The SMILES string of the molecule is COc1cccc(-c2ccc(C(=O)NCCNC(=O)Nc3ccccc3)cc2)c1. The number of hydrogen-bond donors (Lipinski definition) is 3. The number of amides is 3. The predicted molar refractivity (Wildman–Crippen MR) is 114 cm³/mol. The van der Waals surface area contributed by atoms with Crippen molar-refractivity contribution >= 4 is 17.6 Å². The third-order valence-electron chi connectivity index (χ3n) is 4.28. The zero-order valence-corrected chi connectivity index (χ0v) is 16.1. The molecule has 29 heavy (non-hydrogen) atoms. The van der Waals surface area contributed by atoms with Gasteiger partial charge in [-0.15, -0.1) is 0 Å². The van der Waals surface area contributed by atoms with Crippen LogP contribution in [0.3, 0.4) is 0 Å². The highest BCUT2D eigenvalue weighted by Gasteiger charge is 2.07. The number of carbonyl (C=O) groups excluding carboxylic acids is 2. The van der Waals surface area contributed by atoms with Crippen molar-refractivity contribution in [2.45, 2.75) is 0 Å². The molecule has 0 radical (unpaired) electrons. The summed E-state index contributed by atoms with van der Waals surface area (Å²) in [6, 6.07) is 24.0. The smallest absolute Gasteiger partial charge is 0.319 e. The quantitative estimate of drug-likeness (QED) is 0.536. The molecule has 0 fully saturated rings. The van der Waals surface area contributed by atoms with Crippen LogP contribution in [0.4, 0.5) is 10.5 Å². The minimum Gasteiger partial charge on any atom is -0.497 e. The number of benzene rings is 3. The topological polar surface area (TPSA) is 79.5 Å². The van der Waals surface area contributed by atoms with Gasteiger partial charge in [-0.3, -0.25) is 4.79 Å². The maximum Gasteiger partial charge on any atom is 0.319 e. The van der Waals surface area contributed by atoms with Crippen LogP contribution >= 0.6 is 0 Å². The molecule has 0 aliphatic rings. The van der Waals surface area contributed by atoms with E-state index in [1.807, 2.05) is 54.6 Å². The van der Waals surface area contributed by atoms with E-state index in [-0.39, 0.29) is 11.9 Å². The first-order valence-corrected chi connectivity index (χ1v) is 9.28. The molecule has 0 spiro atoms. The number of carbonyl (C=O) groups is 2. The van der Waals surface area contributed by atoms with Crippen molar-refractivity contribution in [3.63, 3.8) is 0 Å². The van der Waals surface area contributed by atoms with Crippen LogP contribution in [-0.2, 0) is 0 Å². The van der Waals surface area contributed by atoms with Crippen LogP contribution in [0.15, 0.2) is 78.9 Å². The van der Waals surface area contributed by atoms with Crippen molar-refractivity contribution in [1.29, 1.82) is 0 Å². The summed E-state index contributed by atoms with van der Waals surface area (Å²) in [7, 11) is 1.63. The second kappa shape index (κ2) is 9.94. The fourth-order valence-corrected chi connectivity index (χ4v) is 2.77. The molecule has 148 valence electrons. The maximum atomic E-state index is 12.3. The third kappa shape index (κ3) is 5.84. The molecule has 3 rings (SSSR count). The van der Waals surface area contributed by atoms with Crippen LogP contribution in [0.25, 0.3) is 11.1 Å². The number of nitrogens with one attached hydrogen (secondary N) is 3. The Morgan fingerprint density at radius 3 is 2.24 bits per heavy atom. The van der Waals surface area contributed by atoms with Crippen molar-refractivity contribution in [2.24, 2.45) is 0 Å². The van der Waals surface area contributed by atoms with Gasteiger partial charge in [0.05, 0.1) is 7.11 Å². The highest BCUT2D eigenvalue weighted by Crippen LogP contribution is 2.24. The maximum absolute atomic E-state index is 12.3. The van der Waals surface area contributed by atoms with E-state index >= 15 is 0 Å². The average molecular weight is 389 g/mol. The van der Waals surface area contributed by atoms with Gasteiger partial charge in [-0.05, 0) is 47.5 Å². The van der Waals surface area contributed by atoms with E-state index in [2.05, 4.69) is 16.0 Å². The van der Waals surface area contributed by atoms with E-state index in [9.17, 15) is 9.59 Å². The molecule has 3 aromatic carbocycles. The van der Waals surface area contributed by atoms with Crippen LogP contribution in [0.1, 0.15) is 10.4 Å². The van der Waals surface area contributed by atoms with Crippen molar-refractivity contribution in [3.05, 3.63) is 84.4 Å². The van der Waals surface area contributed by atoms with E-state index in [0.717, 1.165) is 16.9 Å². The fraction of sp³-hybridized carbons (Fsp3) is 0.130. The van der Waals surface area contributed by atoms with Crippen molar-refractivity contribution in [2.75, 3.05) is 25.5 Å². The Hall–Kier alpha value is -3.80. The van der Waals surface area contributed by atoms with Crippen LogP contribution in [0.2, 0.25) is 0 Å². The highest BCUT2D eigenvalue weighted by molar-refractivity contribution is 5.94. The van der Waals surface area contributed by atoms with Gasteiger partial charge < -0.3 is 20.7 Å². The van der Waals surface area contributed by atoms with E-state index in [1.54, 1.807) is 31.4 Å². The molecule has 0 aliphatic carbocycles. The van der Waals surface area contributed by atoms with Gasteiger partial charge in [0.15, 0.2) is 0 Å². The highest BCUT2D eigenvalue weighted by atomic mass is 16.5. The van der Waals surface area contributed by atoms with Gasteiger partial charge in [0.25, 0.3) is 5.91 Å². The Morgan fingerprint density at radius 1 is 0.793 bits per heavy atom. The molecule has 0 saturated heterocycles. The molecule has 0 atom stereocenters. The normalized spacial score (nSPS) is 10.1. The summed E-state index contributed by atoms with van der Waals surface area (Å²) >= 11 is 0. The molecular formula is C23H23N3O3. The lowest BCUT2D eigenvalue weighted by Crippen LogP contribution is -2.36. The summed E-state index contributed by atoms with van der Waals surface area (Å²) in [5, 5.41) is 8.22. The summed E-state index contributed by atoms with van der Waals surface area (Å²) in [5.74, 6) is 0.598. The zero-order valence-electron chi connectivity index (χ0n) is 16.1. The first-order valence-electron chi connectivity index (χ1n) is 9.28. The molecule has 0 saturated carbocycles. The summed E-state index contributed by atoms with van der Waals surface area (Å²) in [4.78, 5) is 24.1. The van der Waals surface area contributed by atoms with Gasteiger partial charge >= 0.3 is 6.03 Å². The third-order valence-corrected chi connectivity index (χ3v) is 4.28. The fourth-order valence-electron chi connectivity index (χ4n) is 2.77. The van der Waals surface area contributed by atoms with Gasteiger partial charge in [-0.1, -0.05) is 42.5 Å². The second-order valence-electron chi connectivity index (χ2n) is 6.31. The summed E-state index contributed by atoms with van der Waals surface area (Å²) < 4.78 is 5.24.